The van der Waals surface area contributed by atoms with Crippen molar-refractivity contribution < 1.29 is 0 Å². The molecule has 2 unspecified atom stereocenters. The second kappa shape index (κ2) is 6.78. The summed E-state index contributed by atoms with van der Waals surface area (Å²) in [6, 6.07) is 1.56. The van der Waals surface area contributed by atoms with E-state index in [1.807, 2.05) is 0 Å². The fraction of sp³-hybridized carbons (Fsp3) is 1.00. The quantitative estimate of drug-likeness (QED) is 0.712. The second-order valence-corrected chi connectivity index (χ2v) is 6.58. The largest absolute Gasteiger partial charge is 0.311 e. The minimum Gasteiger partial charge on any atom is -0.311 e. The summed E-state index contributed by atoms with van der Waals surface area (Å²) in [4.78, 5) is 0. The van der Waals surface area contributed by atoms with Crippen LogP contribution in [0.15, 0.2) is 0 Å². The van der Waals surface area contributed by atoms with E-state index in [1.54, 1.807) is 0 Å². The van der Waals surface area contributed by atoms with Gasteiger partial charge in [-0.05, 0) is 44.4 Å². The molecule has 0 bridgehead atoms. The first-order chi connectivity index (χ1) is 8.27. The van der Waals surface area contributed by atoms with Crippen LogP contribution >= 0.6 is 0 Å². The average Bonchev–Trinajstić information content (AvgIpc) is 2.61. The van der Waals surface area contributed by atoms with Gasteiger partial charge in [0.1, 0.15) is 0 Å². The molecular weight excluding hydrogens is 206 g/mol. The SMILES string of the molecule is CC1CCCCC1N[C@H](C)C1CCCCCC1. The molecule has 0 aromatic rings. The third-order valence-electron chi connectivity index (χ3n) is 5.20. The van der Waals surface area contributed by atoms with Crippen LogP contribution in [0.25, 0.3) is 0 Å². The lowest BCUT2D eigenvalue weighted by atomic mass is 9.84. The van der Waals surface area contributed by atoms with E-state index in [2.05, 4.69) is 19.2 Å². The van der Waals surface area contributed by atoms with Gasteiger partial charge in [-0.1, -0.05) is 45.4 Å². The number of rotatable bonds is 3. The van der Waals surface area contributed by atoms with Crippen molar-refractivity contribution in [3.63, 3.8) is 0 Å². The van der Waals surface area contributed by atoms with Crippen molar-refractivity contribution in [2.45, 2.75) is 90.1 Å². The molecule has 17 heavy (non-hydrogen) atoms. The van der Waals surface area contributed by atoms with Gasteiger partial charge >= 0.3 is 0 Å². The van der Waals surface area contributed by atoms with Crippen molar-refractivity contribution in [3.8, 4) is 0 Å². The number of hydrogen-bond donors (Lipinski definition) is 1. The van der Waals surface area contributed by atoms with Crippen LogP contribution < -0.4 is 5.32 Å². The Labute approximate surface area is 108 Å². The van der Waals surface area contributed by atoms with E-state index >= 15 is 0 Å². The van der Waals surface area contributed by atoms with Crippen molar-refractivity contribution in [2.75, 3.05) is 0 Å². The summed E-state index contributed by atoms with van der Waals surface area (Å²) in [6.45, 7) is 4.88. The molecule has 0 amide bonds. The molecule has 2 saturated carbocycles. The topological polar surface area (TPSA) is 12.0 Å². The van der Waals surface area contributed by atoms with Gasteiger partial charge in [0.15, 0.2) is 0 Å². The lowest BCUT2D eigenvalue weighted by molar-refractivity contribution is 0.226. The van der Waals surface area contributed by atoms with Crippen LogP contribution in [-0.4, -0.2) is 12.1 Å². The molecule has 0 saturated heterocycles. The molecule has 2 rings (SSSR count). The Kier molecular flexibility index (Phi) is 5.34. The van der Waals surface area contributed by atoms with Gasteiger partial charge in [-0.2, -0.15) is 0 Å². The molecule has 0 heterocycles. The lowest BCUT2D eigenvalue weighted by Crippen LogP contribution is -2.45. The standard InChI is InChI=1S/C16H31N/c1-13-9-7-8-12-16(13)17-14(2)15-10-5-3-4-6-11-15/h13-17H,3-12H2,1-2H3/t13?,14-,16?/m1/s1. The van der Waals surface area contributed by atoms with Crippen LogP contribution in [0, 0.1) is 11.8 Å². The molecular formula is C16H31N. The van der Waals surface area contributed by atoms with E-state index in [4.69, 9.17) is 0 Å². The van der Waals surface area contributed by atoms with Crippen molar-refractivity contribution in [2.24, 2.45) is 11.8 Å². The van der Waals surface area contributed by atoms with Crippen molar-refractivity contribution in [1.82, 2.24) is 5.32 Å². The van der Waals surface area contributed by atoms with Crippen LogP contribution in [0.3, 0.4) is 0 Å². The Bertz CT molecular complexity index is 206. The Morgan fingerprint density at radius 1 is 0.824 bits per heavy atom. The highest BCUT2D eigenvalue weighted by atomic mass is 15.0. The molecule has 2 aliphatic rings. The highest BCUT2D eigenvalue weighted by Gasteiger charge is 2.26. The molecule has 1 nitrogen and oxygen atoms in total. The molecule has 0 aromatic heterocycles. The van der Waals surface area contributed by atoms with E-state index in [1.165, 1.54) is 64.2 Å². The maximum atomic E-state index is 3.97. The summed E-state index contributed by atoms with van der Waals surface area (Å²) in [5.74, 6) is 1.85. The van der Waals surface area contributed by atoms with Crippen LogP contribution in [-0.2, 0) is 0 Å². The molecule has 0 aromatic carbocycles. The monoisotopic (exact) mass is 237 g/mol. The first-order valence-electron chi connectivity index (χ1n) is 8.03. The zero-order valence-corrected chi connectivity index (χ0v) is 11.9. The molecule has 2 fully saturated rings. The molecule has 0 aliphatic heterocycles. The highest BCUT2D eigenvalue weighted by molar-refractivity contribution is 4.83. The van der Waals surface area contributed by atoms with Gasteiger partial charge in [-0.3, -0.25) is 0 Å². The van der Waals surface area contributed by atoms with Gasteiger partial charge in [0.05, 0.1) is 0 Å². The summed E-state index contributed by atoms with van der Waals surface area (Å²) >= 11 is 0. The van der Waals surface area contributed by atoms with E-state index in [0.29, 0.717) is 0 Å². The maximum Gasteiger partial charge on any atom is 0.00952 e. The Morgan fingerprint density at radius 2 is 1.41 bits per heavy atom. The van der Waals surface area contributed by atoms with Gasteiger partial charge in [0.25, 0.3) is 0 Å². The van der Waals surface area contributed by atoms with Gasteiger partial charge in [0.2, 0.25) is 0 Å². The summed E-state index contributed by atoms with van der Waals surface area (Å²) < 4.78 is 0. The first-order valence-corrected chi connectivity index (χ1v) is 8.03. The smallest absolute Gasteiger partial charge is 0.00952 e. The lowest BCUT2D eigenvalue weighted by Gasteiger charge is -2.35. The van der Waals surface area contributed by atoms with Crippen molar-refractivity contribution >= 4 is 0 Å². The van der Waals surface area contributed by atoms with Crippen LogP contribution in [0.5, 0.6) is 0 Å². The predicted molar refractivity (Wildman–Crippen MR) is 75.2 cm³/mol. The second-order valence-electron chi connectivity index (χ2n) is 6.58. The third kappa shape index (κ3) is 3.98. The van der Waals surface area contributed by atoms with Crippen molar-refractivity contribution in [1.29, 1.82) is 0 Å². The Balaban J connectivity index is 1.79. The van der Waals surface area contributed by atoms with Crippen LogP contribution in [0.4, 0.5) is 0 Å². The average molecular weight is 237 g/mol. The predicted octanol–water partition coefficient (Wildman–Crippen LogP) is 4.51. The molecule has 100 valence electrons. The minimum atomic E-state index is 0.749. The van der Waals surface area contributed by atoms with Crippen LogP contribution in [0.1, 0.15) is 78.1 Å². The maximum absolute atomic E-state index is 3.97. The molecule has 3 atom stereocenters. The van der Waals surface area contributed by atoms with Gasteiger partial charge < -0.3 is 5.32 Å². The van der Waals surface area contributed by atoms with Crippen molar-refractivity contribution in [3.05, 3.63) is 0 Å². The summed E-state index contributed by atoms with van der Waals surface area (Å²) in [5.41, 5.74) is 0. The fourth-order valence-electron chi connectivity index (χ4n) is 3.85. The number of nitrogens with one attached hydrogen (secondary N) is 1. The molecule has 1 N–H and O–H groups in total. The molecule has 2 aliphatic carbocycles. The van der Waals surface area contributed by atoms with Gasteiger partial charge in [0, 0.05) is 12.1 Å². The van der Waals surface area contributed by atoms with Gasteiger partial charge in [-0.15, -0.1) is 0 Å². The van der Waals surface area contributed by atoms with E-state index in [9.17, 15) is 0 Å². The fourth-order valence-corrected chi connectivity index (χ4v) is 3.85. The Hall–Kier alpha value is -0.0400. The van der Waals surface area contributed by atoms with E-state index < -0.39 is 0 Å². The molecule has 0 radical (unpaired) electrons. The third-order valence-corrected chi connectivity index (χ3v) is 5.20. The van der Waals surface area contributed by atoms with E-state index in [-0.39, 0.29) is 0 Å². The van der Waals surface area contributed by atoms with Gasteiger partial charge in [-0.25, -0.2) is 0 Å². The first kappa shape index (κ1) is 13.4. The van der Waals surface area contributed by atoms with E-state index in [0.717, 1.165) is 23.9 Å². The van der Waals surface area contributed by atoms with Crippen LogP contribution in [0.2, 0.25) is 0 Å². The normalized spacial score (nSPS) is 34.2. The summed E-state index contributed by atoms with van der Waals surface area (Å²) in [5, 5.41) is 3.97. The highest BCUT2D eigenvalue weighted by Crippen LogP contribution is 2.28. The zero-order valence-electron chi connectivity index (χ0n) is 11.9. The summed E-state index contributed by atoms with van der Waals surface area (Å²) in [7, 11) is 0. The minimum absolute atomic E-state index is 0.749. The zero-order chi connectivity index (χ0) is 12.1. The Morgan fingerprint density at radius 3 is 2.06 bits per heavy atom. The molecule has 1 heteroatoms. The molecule has 0 spiro atoms. The summed E-state index contributed by atoms with van der Waals surface area (Å²) in [6.07, 6.45) is 14.6. The number of hydrogen-bond acceptors (Lipinski definition) is 1.